The van der Waals surface area contributed by atoms with Gasteiger partial charge in [-0.1, -0.05) is 23.7 Å². The number of rotatable bonds is 3. The van der Waals surface area contributed by atoms with E-state index >= 15 is 0 Å². The van der Waals surface area contributed by atoms with Crippen molar-refractivity contribution in [3.05, 3.63) is 87.3 Å². The lowest BCUT2D eigenvalue weighted by Crippen LogP contribution is -2.16. The Balaban J connectivity index is 1.62. The number of nitrogens with one attached hydrogen (secondary N) is 1. The average Bonchev–Trinajstić information content (AvgIpc) is 2.77. The molecule has 0 atom stereocenters. The highest BCUT2D eigenvalue weighted by atomic mass is 35.5. The molecular formula is C23H15ClN2O4. The Hall–Kier alpha value is -3.64. The fourth-order valence-electron chi connectivity index (χ4n) is 3.50. The molecule has 0 bridgehead atoms. The Morgan fingerprint density at radius 1 is 0.933 bits per heavy atom. The van der Waals surface area contributed by atoms with Crippen LogP contribution in [0.5, 0.6) is 11.5 Å². The van der Waals surface area contributed by atoms with Crippen LogP contribution in [0, 0.1) is 0 Å². The second-order valence-electron chi connectivity index (χ2n) is 6.85. The van der Waals surface area contributed by atoms with Crippen molar-refractivity contribution in [3.63, 3.8) is 0 Å². The Labute approximate surface area is 176 Å². The van der Waals surface area contributed by atoms with Crippen LogP contribution < -0.4 is 15.2 Å². The van der Waals surface area contributed by atoms with E-state index in [4.69, 9.17) is 21.1 Å². The first-order valence-corrected chi connectivity index (χ1v) is 9.71. The summed E-state index contributed by atoms with van der Waals surface area (Å²) in [5.41, 5.74) is 2.24. The highest BCUT2D eigenvalue weighted by Crippen LogP contribution is 2.32. The highest BCUT2D eigenvalue weighted by Gasteiger charge is 2.17. The van der Waals surface area contributed by atoms with Crippen molar-refractivity contribution in [2.75, 3.05) is 13.2 Å². The molecule has 0 fully saturated rings. The van der Waals surface area contributed by atoms with Crippen LogP contribution in [0.3, 0.4) is 0 Å². The molecule has 30 heavy (non-hydrogen) atoms. The molecule has 4 aromatic rings. The summed E-state index contributed by atoms with van der Waals surface area (Å²) in [7, 11) is 0. The summed E-state index contributed by atoms with van der Waals surface area (Å²) in [6.07, 6.45) is 0. The second kappa shape index (κ2) is 7.31. The van der Waals surface area contributed by atoms with E-state index in [1.165, 1.54) is 0 Å². The average molecular weight is 419 g/mol. The molecule has 0 spiro atoms. The van der Waals surface area contributed by atoms with E-state index in [0.717, 1.165) is 0 Å². The number of hydrogen-bond donors (Lipinski definition) is 1. The van der Waals surface area contributed by atoms with Gasteiger partial charge in [-0.05, 0) is 48.5 Å². The first-order valence-electron chi connectivity index (χ1n) is 9.33. The van der Waals surface area contributed by atoms with Gasteiger partial charge < -0.3 is 14.5 Å². The number of halogens is 1. The number of fused-ring (bicyclic) bond motifs is 2. The lowest BCUT2D eigenvalue weighted by molar-refractivity contribution is 0.103. The molecule has 0 radical (unpaired) electrons. The summed E-state index contributed by atoms with van der Waals surface area (Å²) in [4.78, 5) is 32.0. The van der Waals surface area contributed by atoms with Crippen LogP contribution in [-0.4, -0.2) is 29.0 Å². The van der Waals surface area contributed by atoms with E-state index < -0.39 is 5.69 Å². The topological polar surface area (TPSA) is 81.3 Å². The lowest BCUT2D eigenvalue weighted by Gasteiger charge is -2.18. The number of ketones is 1. The molecule has 0 saturated carbocycles. The maximum Gasteiger partial charge on any atom is 0.345 e. The third kappa shape index (κ3) is 3.31. The minimum absolute atomic E-state index is 0.169. The smallest absolute Gasteiger partial charge is 0.345 e. The summed E-state index contributed by atoms with van der Waals surface area (Å²) >= 11 is 6.12. The van der Waals surface area contributed by atoms with Crippen LogP contribution in [0.25, 0.3) is 22.2 Å². The van der Waals surface area contributed by atoms with E-state index in [9.17, 15) is 9.59 Å². The van der Waals surface area contributed by atoms with Crippen molar-refractivity contribution in [1.29, 1.82) is 0 Å². The molecule has 3 aromatic carbocycles. The monoisotopic (exact) mass is 418 g/mol. The first-order chi connectivity index (χ1) is 14.6. The number of carbonyl (C=O) groups is 1. The molecular weight excluding hydrogens is 404 g/mol. The zero-order valence-electron chi connectivity index (χ0n) is 15.6. The summed E-state index contributed by atoms with van der Waals surface area (Å²) in [5, 5.41) is 1.19. The molecule has 0 unspecified atom stereocenters. The van der Waals surface area contributed by atoms with Gasteiger partial charge in [0.2, 0.25) is 0 Å². The minimum atomic E-state index is -0.469. The molecule has 1 N–H and O–H groups in total. The number of nitrogens with zero attached hydrogens (tertiary/aromatic N) is 1. The van der Waals surface area contributed by atoms with Crippen molar-refractivity contribution in [2.45, 2.75) is 0 Å². The first kappa shape index (κ1) is 18.4. The van der Waals surface area contributed by atoms with Gasteiger partial charge in [0, 0.05) is 27.1 Å². The van der Waals surface area contributed by atoms with E-state index in [-0.39, 0.29) is 5.78 Å². The third-order valence-corrected chi connectivity index (χ3v) is 5.13. The SMILES string of the molecule is O=C(c1ccc2c(c1)OCCO2)c1ccc2[nH]c(=O)nc(-c3cccc(Cl)c3)c2c1. The number of hydrogen-bond acceptors (Lipinski definition) is 5. The molecule has 0 aliphatic carbocycles. The van der Waals surface area contributed by atoms with E-state index in [1.807, 2.05) is 6.07 Å². The predicted molar refractivity (Wildman–Crippen MR) is 114 cm³/mol. The zero-order chi connectivity index (χ0) is 20.7. The largest absolute Gasteiger partial charge is 0.486 e. The van der Waals surface area contributed by atoms with E-state index in [0.29, 0.717) is 63.0 Å². The second-order valence-corrected chi connectivity index (χ2v) is 7.29. The summed E-state index contributed by atoms with van der Waals surface area (Å²) in [5.74, 6) is 1.01. The van der Waals surface area contributed by atoms with E-state index in [2.05, 4.69) is 9.97 Å². The molecule has 7 heteroatoms. The van der Waals surface area contributed by atoms with Crippen LogP contribution in [0.15, 0.2) is 65.5 Å². The predicted octanol–water partition coefficient (Wildman–Crippen LogP) is 4.25. The van der Waals surface area contributed by atoms with Crippen molar-refractivity contribution < 1.29 is 14.3 Å². The Kier molecular flexibility index (Phi) is 4.48. The third-order valence-electron chi connectivity index (χ3n) is 4.89. The Bertz CT molecular complexity index is 1360. The maximum atomic E-state index is 13.1. The van der Waals surface area contributed by atoms with Gasteiger partial charge in [0.15, 0.2) is 17.3 Å². The fraction of sp³-hybridized carbons (Fsp3) is 0.0870. The van der Waals surface area contributed by atoms with Crippen LogP contribution in [0.4, 0.5) is 0 Å². The van der Waals surface area contributed by atoms with Gasteiger partial charge in [0.05, 0.1) is 11.2 Å². The molecule has 1 aliphatic heterocycles. The number of aromatic amines is 1. The number of benzene rings is 3. The molecule has 5 rings (SSSR count). The van der Waals surface area contributed by atoms with Crippen molar-refractivity contribution in [3.8, 4) is 22.8 Å². The summed E-state index contributed by atoms with van der Waals surface area (Å²) < 4.78 is 11.1. The lowest BCUT2D eigenvalue weighted by atomic mass is 9.99. The minimum Gasteiger partial charge on any atom is -0.486 e. The molecule has 148 valence electrons. The standard InChI is InChI=1S/C23H15ClN2O4/c24-16-3-1-2-13(10-16)21-17-11-14(4-6-18(17)25-23(28)26-21)22(27)15-5-7-19-20(12-15)30-9-8-29-19/h1-7,10-12H,8-9H2,(H,25,26,28). The van der Waals surface area contributed by atoms with Crippen LogP contribution in [0.2, 0.25) is 5.02 Å². The van der Waals surface area contributed by atoms with Gasteiger partial charge in [-0.25, -0.2) is 4.79 Å². The molecule has 0 saturated heterocycles. The van der Waals surface area contributed by atoms with Crippen molar-refractivity contribution in [2.24, 2.45) is 0 Å². The maximum absolute atomic E-state index is 13.1. The van der Waals surface area contributed by atoms with Gasteiger partial charge in [0.1, 0.15) is 13.2 Å². The fourth-order valence-corrected chi connectivity index (χ4v) is 3.69. The van der Waals surface area contributed by atoms with Crippen molar-refractivity contribution >= 4 is 28.3 Å². The van der Waals surface area contributed by atoms with Gasteiger partial charge >= 0.3 is 5.69 Å². The zero-order valence-corrected chi connectivity index (χ0v) is 16.4. The van der Waals surface area contributed by atoms with Gasteiger partial charge in [0.25, 0.3) is 0 Å². The molecule has 2 heterocycles. The van der Waals surface area contributed by atoms with Gasteiger partial charge in [-0.2, -0.15) is 4.98 Å². The van der Waals surface area contributed by atoms with Crippen LogP contribution >= 0.6 is 11.6 Å². The summed E-state index contributed by atoms with van der Waals surface area (Å²) in [6.45, 7) is 0.936. The highest BCUT2D eigenvalue weighted by molar-refractivity contribution is 6.30. The van der Waals surface area contributed by atoms with Crippen LogP contribution in [-0.2, 0) is 0 Å². The molecule has 0 amide bonds. The number of ether oxygens (including phenoxy) is 2. The summed E-state index contributed by atoms with van der Waals surface area (Å²) in [6, 6.07) is 17.3. The number of carbonyl (C=O) groups excluding carboxylic acids is 1. The number of H-pyrrole nitrogens is 1. The van der Waals surface area contributed by atoms with Gasteiger partial charge in [-0.15, -0.1) is 0 Å². The Morgan fingerprint density at radius 3 is 2.53 bits per heavy atom. The number of aromatic nitrogens is 2. The van der Waals surface area contributed by atoms with E-state index in [1.54, 1.807) is 54.6 Å². The molecule has 1 aliphatic rings. The molecule has 6 nitrogen and oxygen atoms in total. The van der Waals surface area contributed by atoms with Gasteiger partial charge in [-0.3, -0.25) is 4.79 Å². The van der Waals surface area contributed by atoms with Crippen LogP contribution in [0.1, 0.15) is 15.9 Å². The normalized spacial score (nSPS) is 12.7. The van der Waals surface area contributed by atoms with Crippen molar-refractivity contribution in [1.82, 2.24) is 9.97 Å². The quantitative estimate of drug-likeness (QED) is 0.503. The molecule has 1 aromatic heterocycles. The Morgan fingerprint density at radius 2 is 1.70 bits per heavy atom.